The van der Waals surface area contributed by atoms with Gasteiger partial charge < -0.3 is 24.4 Å². The zero-order valence-electron chi connectivity index (χ0n) is 24.7. The van der Waals surface area contributed by atoms with E-state index in [2.05, 4.69) is 25.9 Å². The molecule has 1 aliphatic rings. The number of ketones is 1. The Labute approximate surface area is 240 Å². The Morgan fingerprint density at radius 2 is 1.83 bits per heavy atom. The third-order valence-electron chi connectivity index (χ3n) is 7.49. The highest BCUT2D eigenvalue weighted by molar-refractivity contribution is 6.00. The van der Waals surface area contributed by atoms with Crippen LogP contribution >= 0.6 is 0 Å². The largest absolute Gasteiger partial charge is 0.493 e. The number of amides is 2. The molecule has 1 aromatic heterocycles. The summed E-state index contributed by atoms with van der Waals surface area (Å²) in [6, 6.07) is 11.1. The van der Waals surface area contributed by atoms with Crippen LogP contribution < -0.4 is 14.8 Å². The van der Waals surface area contributed by atoms with Crippen LogP contribution in [0.25, 0.3) is 0 Å². The van der Waals surface area contributed by atoms with Crippen molar-refractivity contribution in [2.45, 2.75) is 72.1 Å². The molecule has 11 nitrogen and oxygen atoms in total. The van der Waals surface area contributed by atoms with Crippen LogP contribution in [0.5, 0.6) is 11.5 Å². The summed E-state index contributed by atoms with van der Waals surface area (Å²) < 4.78 is 18.0. The van der Waals surface area contributed by atoms with E-state index in [0.29, 0.717) is 49.3 Å². The van der Waals surface area contributed by atoms with Crippen molar-refractivity contribution in [3.05, 3.63) is 64.5 Å². The Kier molecular flexibility index (Phi) is 9.59. The summed E-state index contributed by atoms with van der Waals surface area (Å²) in [7, 11) is 0. The molecule has 0 spiro atoms. The van der Waals surface area contributed by atoms with Crippen LogP contribution in [0.4, 0.5) is 4.79 Å². The molecule has 0 bridgehead atoms. The number of rotatable bonds is 14. The third kappa shape index (κ3) is 6.67. The second-order valence-corrected chi connectivity index (χ2v) is 10.3. The second-order valence-electron chi connectivity index (χ2n) is 10.3. The van der Waals surface area contributed by atoms with Gasteiger partial charge in [0.15, 0.2) is 11.6 Å². The van der Waals surface area contributed by atoms with Gasteiger partial charge in [0.2, 0.25) is 0 Å². The molecule has 2 N–H and O–H groups in total. The number of H-pyrrole nitrogens is 1. The molecule has 1 fully saturated rings. The zero-order valence-corrected chi connectivity index (χ0v) is 24.7. The van der Waals surface area contributed by atoms with E-state index in [4.69, 9.17) is 14.2 Å². The Bertz CT molecular complexity index is 1330. The van der Waals surface area contributed by atoms with Crippen molar-refractivity contribution in [2.75, 3.05) is 26.4 Å². The summed E-state index contributed by atoms with van der Waals surface area (Å²) >= 11 is 0. The molecule has 2 atom stereocenters. The second kappa shape index (κ2) is 13.1. The minimum atomic E-state index is -0.652. The van der Waals surface area contributed by atoms with E-state index in [1.165, 1.54) is 6.92 Å². The maximum Gasteiger partial charge on any atom is 0.318 e. The Hall–Kier alpha value is -3.99. The summed E-state index contributed by atoms with van der Waals surface area (Å²) in [5.74, 6) is 1.24. The predicted molar refractivity (Wildman–Crippen MR) is 153 cm³/mol. The van der Waals surface area contributed by atoms with Crippen molar-refractivity contribution in [3.63, 3.8) is 0 Å². The highest BCUT2D eigenvalue weighted by atomic mass is 16.5. The number of carbonyl (C=O) groups is 2. The van der Waals surface area contributed by atoms with Crippen LogP contribution in [0, 0.1) is 6.92 Å². The van der Waals surface area contributed by atoms with Crippen LogP contribution in [0.15, 0.2) is 36.4 Å². The van der Waals surface area contributed by atoms with E-state index in [9.17, 15) is 9.59 Å². The standard InChI is InChI=1S/C30H40N6O5/c1-7-39-25-18-24(19(3)27(40-8-2)26(25)21(5)37)20(4)36(16-17-41-22(6)23-12-10-9-11-13-23)29(38)31-30(14-15-30)28-32-34-35-33-28/h9-13,18,20,22H,7-8,14-17H2,1-6H3,(H,31,38)(H,32,33,34,35)/t20-,22+/m1/s1. The number of benzene rings is 2. The van der Waals surface area contributed by atoms with Gasteiger partial charge in [-0.3, -0.25) is 4.79 Å². The highest BCUT2D eigenvalue weighted by Gasteiger charge is 2.50. The first kappa shape index (κ1) is 30.0. The van der Waals surface area contributed by atoms with E-state index in [1.54, 1.807) is 4.90 Å². The molecule has 41 heavy (non-hydrogen) atoms. The number of hydrogen-bond donors (Lipinski definition) is 2. The average molecular weight is 565 g/mol. The van der Waals surface area contributed by atoms with Crippen LogP contribution in [0.2, 0.25) is 0 Å². The summed E-state index contributed by atoms with van der Waals surface area (Å²) in [6.07, 6.45) is 1.30. The molecule has 11 heteroatoms. The molecule has 4 rings (SSSR count). The molecule has 0 unspecified atom stereocenters. The Morgan fingerprint density at radius 3 is 2.41 bits per heavy atom. The minimum absolute atomic E-state index is 0.142. The molecule has 1 aliphatic carbocycles. The van der Waals surface area contributed by atoms with E-state index >= 15 is 0 Å². The Morgan fingerprint density at radius 1 is 1.12 bits per heavy atom. The smallest absolute Gasteiger partial charge is 0.318 e. The minimum Gasteiger partial charge on any atom is -0.493 e. The SMILES string of the molecule is CCOc1cc([C@@H](C)N(CCO[C@@H](C)c2ccccc2)C(=O)NC2(c3nn[nH]n3)CC2)c(C)c(OCC)c1C(C)=O. The van der Waals surface area contributed by atoms with Gasteiger partial charge in [-0.25, -0.2) is 4.79 Å². The number of urea groups is 1. The van der Waals surface area contributed by atoms with E-state index in [0.717, 1.165) is 29.5 Å². The monoisotopic (exact) mass is 564 g/mol. The highest BCUT2D eigenvalue weighted by Crippen LogP contribution is 2.44. The maximum atomic E-state index is 13.9. The molecular formula is C30H40N6O5. The number of aromatic nitrogens is 4. The molecule has 0 radical (unpaired) electrons. The van der Waals surface area contributed by atoms with Gasteiger partial charge in [0.25, 0.3) is 0 Å². The van der Waals surface area contributed by atoms with Gasteiger partial charge >= 0.3 is 6.03 Å². The van der Waals surface area contributed by atoms with Crippen molar-refractivity contribution in [1.82, 2.24) is 30.8 Å². The maximum absolute atomic E-state index is 13.9. The quantitative estimate of drug-likeness (QED) is 0.260. The molecule has 2 aromatic carbocycles. The molecule has 1 saturated carbocycles. The van der Waals surface area contributed by atoms with Crippen LogP contribution in [0.1, 0.15) is 92.5 Å². The fourth-order valence-corrected chi connectivity index (χ4v) is 5.07. The van der Waals surface area contributed by atoms with Gasteiger partial charge in [0.1, 0.15) is 22.6 Å². The normalized spacial score (nSPS) is 15.1. The van der Waals surface area contributed by atoms with Crippen molar-refractivity contribution < 1.29 is 23.8 Å². The van der Waals surface area contributed by atoms with E-state index in [1.807, 2.05) is 71.0 Å². The van der Waals surface area contributed by atoms with Gasteiger partial charge in [-0.1, -0.05) is 35.5 Å². The molecule has 1 heterocycles. The summed E-state index contributed by atoms with van der Waals surface area (Å²) in [5, 5.41) is 17.5. The number of hydrogen-bond acceptors (Lipinski definition) is 8. The van der Waals surface area contributed by atoms with Crippen molar-refractivity contribution in [2.24, 2.45) is 0 Å². The Balaban J connectivity index is 1.65. The molecular weight excluding hydrogens is 524 g/mol. The van der Waals surface area contributed by atoms with E-state index < -0.39 is 11.6 Å². The topological polar surface area (TPSA) is 132 Å². The summed E-state index contributed by atoms with van der Waals surface area (Å²) in [6.45, 7) is 12.5. The number of tetrazole rings is 1. The molecule has 2 amide bonds. The summed E-state index contributed by atoms with van der Waals surface area (Å²) in [5.41, 5.74) is 2.42. The van der Waals surface area contributed by atoms with Gasteiger partial charge in [0.05, 0.1) is 32.0 Å². The van der Waals surface area contributed by atoms with Gasteiger partial charge in [0, 0.05) is 6.54 Å². The lowest BCUT2D eigenvalue weighted by molar-refractivity contribution is 0.0470. The lowest BCUT2D eigenvalue weighted by Crippen LogP contribution is -2.47. The predicted octanol–water partition coefficient (Wildman–Crippen LogP) is 5.05. The third-order valence-corrected chi connectivity index (χ3v) is 7.49. The fourth-order valence-electron chi connectivity index (χ4n) is 5.07. The van der Waals surface area contributed by atoms with Crippen molar-refractivity contribution >= 4 is 11.8 Å². The van der Waals surface area contributed by atoms with Gasteiger partial charge in [-0.2, -0.15) is 5.21 Å². The lowest BCUT2D eigenvalue weighted by atomic mass is 9.95. The molecule has 3 aromatic rings. The number of ether oxygens (including phenoxy) is 3. The summed E-state index contributed by atoms with van der Waals surface area (Å²) in [4.78, 5) is 28.3. The van der Waals surface area contributed by atoms with Crippen molar-refractivity contribution in [1.29, 1.82) is 0 Å². The van der Waals surface area contributed by atoms with Crippen LogP contribution in [-0.4, -0.2) is 63.7 Å². The zero-order chi connectivity index (χ0) is 29.6. The molecule has 0 saturated heterocycles. The number of carbonyl (C=O) groups excluding carboxylic acids is 2. The first-order chi connectivity index (χ1) is 19.7. The number of nitrogens with zero attached hydrogens (tertiary/aromatic N) is 4. The molecule has 220 valence electrons. The van der Waals surface area contributed by atoms with Crippen LogP contribution in [0.3, 0.4) is 0 Å². The van der Waals surface area contributed by atoms with Crippen LogP contribution in [-0.2, 0) is 10.3 Å². The average Bonchev–Trinajstić information content (AvgIpc) is 3.51. The van der Waals surface area contributed by atoms with E-state index in [-0.39, 0.29) is 17.9 Å². The van der Waals surface area contributed by atoms with Gasteiger partial charge in [-0.05, 0) is 77.1 Å². The van der Waals surface area contributed by atoms with Gasteiger partial charge in [-0.15, -0.1) is 10.2 Å². The first-order valence-electron chi connectivity index (χ1n) is 14.2. The molecule has 0 aliphatic heterocycles. The lowest BCUT2D eigenvalue weighted by Gasteiger charge is -2.33. The fraction of sp³-hybridized carbons (Fsp3) is 0.500. The first-order valence-corrected chi connectivity index (χ1v) is 14.2. The number of Topliss-reactive ketones (excluding diaryl/α,β-unsaturated/α-hetero) is 1. The van der Waals surface area contributed by atoms with Crippen molar-refractivity contribution in [3.8, 4) is 11.5 Å². The number of aromatic amines is 1. The number of nitrogens with one attached hydrogen (secondary N) is 2.